The molecule has 104 valence electrons. The third kappa shape index (κ3) is 4.90. The number of carbonyl (C=O) groups excluding carboxylic acids is 1. The number of rotatable bonds is 6. The zero-order valence-corrected chi connectivity index (χ0v) is 11.8. The fourth-order valence-corrected chi connectivity index (χ4v) is 1.93. The summed E-state index contributed by atoms with van der Waals surface area (Å²) in [4.78, 5) is 11.6. The molecule has 0 saturated carbocycles. The molecule has 1 N–H and O–H groups in total. The lowest BCUT2D eigenvalue weighted by atomic mass is 10.2. The van der Waals surface area contributed by atoms with Crippen molar-refractivity contribution in [3.8, 4) is 0 Å². The molecule has 20 heavy (non-hydrogen) atoms. The smallest absolute Gasteiger partial charge is 0.244 e. The van der Waals surface area contributed by atoms with E-state index < -0.39 is 0 Å². The molecule has 1 aromatic heterocycles. The molecule has 0 fully saturated rings. The zero-order chi connectivity index (χ0) is 14.2. The minimum atomic E-state index is -0.106. The second kappa shape index (κ2) is 7.50. The third-order valence-electron chi connectivity index (χ3n) is 2.70. The molecule has 1 amide bonds. The van der Waals surface area contributed by atoms with Gasteiger partial charge in [0.15, 0.2) is 0 Å². The van der Waals surface area contributed by atoms with Gasteiger partial charge in [0.2, 0.25) is 5.91 Å². The van der Waals surface area contributed by atoms with Gasteiger partial charge in [0.1, 0.15) is 0 Å². The molecule has 0 aliphatic rings. The Balaban J connectivity index is 1.70. The Morgan fingerprint density at radius 2 is 2.30 bits per heavy atom. The Labute approximate surface area is 123 Å². The Hall–Kier alpha value is -2.07. The molecule has 0 aliphatic heterocycles. The normalized spacial score (nSPS) is 10.8. The van der Waals surface area contributed by atoms with Gasteiger partial charge >= 0.3 is 0 Å². The maximum Gasteiger partial charge on any atom is 0.244 e. The molecular formula is C15H16ClN3O. The molecule has 4 nitrogen and oxygen atoms in total. The highest BCUT2D eigenvalue weighted by Gasteiger charge is 1.96. The van der Waals surface area contributed by atoms with E-state index in [4.69, 9.17) is 11.6 Å². The summed E-state index contributed by atoms with van der Waals surface area (Å²) in [6.07, 6.45) is 7.75. The fourth-order valence-electron chi connectivity index (χ4n) is 1.73. The first-order valence-corrected chi connectivity index (χ1v) is 6.81. The number of amides is 1. The summed E-state index contributed by atoms with van der Waals surface area (Å²) in [5.74, 6) is -0.106. The van der Waals surface area contributed by atoms with Gasteiger partial charge in [-0.1, -0.05) is 23.7 Å². The topological polar surface area (TPSA) is 46.9 Å². The van der Waals surface area contributed by atoms with Crippen LogP contribution in [0.25, 0.3) is 6.08 Å². The third-order valence-corrected chi connectivity index (χ3v) is 2.93. The molecule has 1 aromatic carbocycles. The number of hydrogen-bond donors (Lipinski definition) is 1. The molecule has 1 heterocycles. The first-order valence-electron chi connectivity index (χ1n) is 6.43. The highest BCUT2D eigenvalue weighted by Crippen LogP contribution is 2.11. The van der Waals surface area contributed by atoms with Gasteiger partial charge < -0.3 is 5.32 Å². The van der Waals surface area contributed by atoms with Crippen molar-refractivity contribution in [1.29, 1.82) is 0 Å². The van der Waals surface area contributed by atoms with Crippen LogP contribution in [0.15, 0.2) is 48.8 Å². The van der Waals surface area contributed by atoms with Crippen LogP contribution >= 0.6 is 11.6 Å². The zero-order valence-electron chi connectivity index (χ0n) is 11.0. The summed E-state index contributed by atoms with van der Waals surface area (Å²) < 4.78 is 1.84. The number of carbonyl (C=O) groups is 1. The molecule has 0 radical (unpaired) electrons. The van der Waals surface area contributed by atoms with E-state index in [0.717, 1.165) is 18.5 Å². The Morgan fingerprint density at radius 3 is 3.05 bits per heavy atom. The monoisotopic (exact) mass is 289 g/mol. The minimum absolute atomic E-state index is 0.106. The van der Waals surface area contributed by atoms with Crippen molar-refractivity contribution in [3.05, 3.63) is 59.4 Å². The molecule has 5 heteroatoms. The van der Waals surface area contributed by atoms with Gasteiger partial charge in [-0.15, -0.1) is 0 Å². The van der Waals surface area contributed by atoms with E-state index in [0.29, 0.717) is 11.6 Å². The van der Waals surface area contributed by atoms with Gasteiger partial charge in [-0.2, -0.15) is 5.10 Å². The number of halogens is 1. The van der Waals surface area contributed by atoms with Crippen LogP contribution in [0.1, 0.15) is 12.0 Å². The van der Waals surface area contributed by atoms with Crippen molar-refractivity contribution in [2.45, 2.75) is 13.0 Å². The van der Waals surface area contributed by atoms with Crippen molar-refractivity contribution in [3.63, 3.8) is 0 Å². The number of benzene rings is 1. The lowest BCUT2D eigenvalue weighted by Crippen LogP contribution is -2.23. The average Bonchev–Trinajstić information content (AvgIpc) is 2.95. The van der Waals surface area contributed by atoms with Crippen LogP contribution in [0.5, 0.6) is 0 Å². The standard InChI is InChI=1S/C15H16ClN3O/c16-14-5-1-4-13(12-14)6-7-15(20)17-8-2-10-19-11-3-9-18-19/h1,3-7,9,11-12H,2,8,10H2,(H,17,20). The molecule has 0 unspecified atom stereocenters. The van der Waals surface area contributed by atoms with Gasteiger partial charge in [0, 0.05) is 36.6 Å². The lowest BCUT2D eigenvalue weighted by Gasteiger charge is -2.02. The molecule has 2 aromatic rings. The molecule has 0 saturated heterocycles. The average molecular weight is 290 g/mol. The van der Waals surface area contributed by atoms with Gasteiger partial charge in [-0.3, -0.25) is 9.48 Å². The van der Waals surface area contributed by atoms with E-state index in [1.807, 2.05) is 35.1 Å². The number of nitrogens with zero attached hydrogens (tertiary/aromatic N) is 2. The number of nitrogens with one attached hydrogen (secondary N) is 1. The predicted octanol–water partition coefficient (Wildman–Crippen LogP) is 2.76. The summed E-state index contributed by atoms with van der Waals surface area (Å²) in [5.41, 5.74) is 0.907. The van der Waals surface area contributed by atoms with Gasteiger partial charge in [0.05, 0.1) is 0 Å². The molecular weight excluding hydrogens is 274 g/mol. The largest absolute Gasteiger partial charge is 0.352 e. The molecule has 0 aliphatic carbocycles. The number of aryl methyl sites for hydroxylation is 1. The van der Waals surface area contributed by atoms with Gasteiger partial charge in [-0.05, 0) is 36.3 Å². The predicted molar refractivity (Wildman–Crippen MR) is 80.3 cm³/mol. The van der Waals surface area contributed by atoms with Crippen molar-refractivity contribution >= 4 is 23.6 Å². The summed E-state index contributed by atoms with van der Waals surface area (Å²) in [6.45, 7) is 1.42. The SMILES string of the molecule is O=C(C=Cc1cccc(Cl)c1)NCCCn1cccn1. The molecule has 2 rings (SSSR count). The highest BCUT2D eigenvalue weighted by atomic mass is 35.5. The van der Waals surface area contributed by atoms with Crippen LogP contribution in [0, 0.1) is 0 Å². The van der Waals surface area contributed by atoms with Crippen molar-refractivity contribution in [2.75, 3.05) is 6.54 Å². The second-order valence-electron chi connectivity index (χ2n) is 4.30. The van der Waals surface area contributed by atoms with Crippen LogP contribution in [0.4, 0.5) is 0 Å². The summed E-state index contributed by atoms with van der Waals surface area (Å²) in [6, 6.07) is 9.24. The van der Waals surface area contributed by atoms with E-state index in [1.54, 1.807) is 18.3 Å². The summed E-state index contributed by atoms with van der Waals surface area (Å²) in [7, 11) is 0. The van der Waals surface area contributed by atoms with Gasteiger partial charge in [0.25, 0.3) is 0 Å². The molecule has 0 spiro atoms. The quantitative estimate of drug-likeness (QED) is 0.656. The van der Waals surface area contributed by atoms with E-state index in [1.165, 1.54) is 6.08 Å². The fraction of sp³-hybridized carbons (Fsp3) is 0.200. The number of aromatic nitrogens is 2. The Morgan fingerprint density at radius 1 is 1.40 bits per heavy atom. The summed E-state index contributed by atoms with van der Waals surface area (Å²) in [5, 5.41) is 7.58. The van der Waals surface area contributed by atoms with Crippen LogP contribution in [-0.4, -0.2) is 22.2 Å². The second-order valence-corrected chi connectivity index (χ2v) is 4.74. The maximum absolute atomic E-state index is 11.6. The van der Waals surface area contributed by atoms with Crippen LogP contribution < -0.4 is 5.32 Å². The van der Waals surface area contributed by atoms with Crippen molar-refractivity contribution in [1.82, 2.24) is 15.1 Å². The number of hydrogen-bond acceptors (Lipinski definition) is 2. The Kier molecular flexibility index (Phi) is 5.38. The highest BCUT2D eigenvalue weighted by molar-refractivity contribution is 6.30. The van der Waals surface area contributed by atoms with Crippen molar-refractivity contribution in [2.24, 2.45) is 0 Å². The summed E-state index contributed by atoms with van der Waals surface area (Å²) >= 11 is 5.87. The van der Waals surface area contributed by atoms with Crippen molar-refractivity contribution < 1.29 is 4.79 Å². The van der Waals surface area contributed by atoms with E-state index in [9.17, 15) is 4.79 Å². The van der Waals surface area contributed by atoms with Crippen LogP contribution in [-0.2, 0) is 11.3 Å². The molecule has 0 atom stereocenters. The lowest BCUT2D eigenvalue weighted by molar-refractivity contribution is -0.116. The van der Waals surface area contributed by atoms with E-state index in [2.05, 4.69) is 10.4 Å². The van der Waals surface area contributed by atoms with Gasteiger partial charge in [-0.25, -0.2) is 0 Å². The molecule has 0 bridgehead atoms. The van der Waals surface area contributed by atoms with Crippen LogP contribution in [0.3, 0.4) is 0 Å². The first kappa shape index (κ1) is 14.3. The van der Waals surface area contributed by atoms with Crippen LogP contribution in [0.2, 0.25) is 5.02 Å². The Bertz CT molecular complexity index is 579. The van der Waals surface area contributed by atoms with E-state index >= 15 is 0 Å². The van der Waals surface area contributed by atoms with E-state index in [-0.39, 0.29) is 5.91 Å². The minimum Gasteiger partial charge on any atom is -0.352 e. The maximum atomic E-state index is 11.6. The first-order chi connectivity index (χ1) is 9.74.